The number of methoxy groups -OCH3 is 1. The fraction of sp³-hybridized carbons (Fsp3) is 0.375. The van der Waals surface area contributed by atoms with E-state index in [1.54, 1.807) is 24.3 Å². The van der Waals surface area contributed by atoms with Crippen molar-refractivity contribution >= 4 is 39.1 Å². The van der Waals surface area contributed by atoms with E-state index in [0.717, 1.165) is 17.7 Å². The van der Waals surface area contributed by atoms with Crippen LogP contribution in [-0.4, -0.2) is 49.6 Å². The number of rotatable bonds is 7. The molecular formula is C24H27N3O6S. The average molecular weight is 486 g/mol. The van der Waals surface area contributed by atoms with Crippen LogP contribution in [0.1, 0.15) is 39.0 Å². The predicted octanol–water partition coefficient (Wildman–Crippen LogP) is 2.92. The summed E-state index contributed by atoms with van der Waals surface area (Å²) in [5, 5.41) is 2.61. The molecule has 3 amide bonds. The molecule has 4 rings (SSSR count). The number of benzene rings is 2. The molecule has 0 spiro atoms. The van der Waals surface area contributed by atoms with Gasteiger partial charge in [-0.2, -0.15) is 4.31 Å². The Kier molecular flexibility index (Phi) is 6.72. The van der Waals surface area contributed by atoms with Gasteiger partial charge in [0.2, 0.25) is 21.8 Å². The molecule has 34 heavy (non-hydrogen) atoms. The third-order valence-corrected chi connectivity index (χ3v) is 8.17. The van der Waals surface area contributed by atoms with Crippen molar-refractivity contribution in [1.82, 2.24) is 4.31 Å². The van der Waals surface area contributed by atoms with E-state index in [1.807, 2.05) is 0 Å². The van der Waals surface area contributed by atoms with E-state index in [-0.39, 0.29) is 23.3 Å². The second kappa shape index (κ2) is 9.55. The molecule has 2 aromatic carbocycles. The smallest absolute Gasteiger partial charge is 0.252 e. The zero-order valence-electron chi connectivity index (χ0n) is 19.1. The lowest BCUT2D eigenvalue weighted by molar-refractivity contribution is -0.122. The first-order valence-electron chi connectivity index (χ1n) is 11.1. The van der Waals surface area contributed by atoms with Crippen LogP contribution in [0.15, 0.2) is 53.4 Å². The Bertz CT molecular complexity index is 1190. The Morgan fingerprint density at radius 1 is 1.03 bits per heavy atom. The van der Waals surface area contributed by atoms with Crippen LogP contribution in [0.4, 0.5) is 11.4 Å². The Morgan fingerprint density at radius 2 is 1.65 bits per heavy atom. The molecule has 1 saturated heterocycles. The molecule has 2 fully saturated rings. The molecule has 1 aliphatic heterocycles. The maximum Gasteiger partial charge on any atom is 0.252 e. The monoisotopic (exact) mass is 485 g/mol. The van der Waals surface area contributed by atoms with Crippen LogP contribution in [0.2, 0.25) is 0 Å². The minimum Gasteiger partial charge on any atom is -0.497 e. The van der Waals surface area contributed by atoms with Crippen molar-refractivity contribution in [3.63, 3.8) is 0 Å². The minimum absolute atomic E-state index is 0.0108. The summed E-state index contributed by atoms with van der Waals surface area (Å²) in [4.78, 5) is 38.7. The number of nitrogens with zero attached hydrogens (tertiary/aromatic N) is 2. The lowest BCUT2D eigenvalue weighted by Gasteiger charge is -2.32. The van der Waals surface area contributed by atoms with Gasteiger partial charge < -0.3 is 10.1 Å². The van der Waals surface area contributed by atoms with Crippen LogP contribution in [0.5, 0.6) is 5.75 Å². The third-order valence-electron chi connectivity index (χ3n) is 6.20. The SMILES string of the molecule is COc1ccc(N2C(=O)CC(N(C3CCCC3)S(=O)(=O)c3ccc(NC(C)=O)cc3)C2=O)cc1. The molecule has 9 nitrogen and oxygen atoms in total. The molecule has 1 unspecified atom stereocenters. The van der Waals surface area contributed by atoms with Crippen molar-refractivity contribution in [1.29, 1.82) is 0 Å². The molecule has 180 valence electrons. The zero-order valence-corrected chi connectivity index (χ0v) is 19.9. The van der Waals surface area contributed by atoms with E-state index in [9.17, 15) is 22.8 Å². The Morgan fingerprint density at radius 3 is 2.21 bits per heavy atom. The summed E-state index contributed by atoms with van der Waals surface area (Å²) < 4.78 is 33.9. The number of anilines is 2. The standard InChI is InChI=1S/C24H27N3O6S/c1-16(28)25-17-7-13-21(14-8-17)34(31,32)27(19-5-3-4-6-19)22-15-23(29)26(24(22)30)18-9-11-20(33-2)12-10-18/h7-14,19,22H,3-6,15H2,1-2H3,(H,25,28). The van der Waals surface area contributed by atoms with E-state index in [4.69, 9.17) is 4.74 Å². The maximum atomic E-state index is 13.8. The van der Waals surface area contributed by atoms with Crippen LogP contribution >= 0.6 is 0 Å². The topological polar surface area (TPSA) is 113 Å². The predicted molar refractivity (Wildman–Crippen MR) is 126 cm³/mol. The van der Waals surface area contributed by atoms with E-state index in [1.165, 1.54) is 42.6 Å². The fourth-order valence-corrected chi connectivity index (χ4v) is 6.46. The number of hydrogen-bond acceptors (Lipinski definition) is 6. The van der Waals surface area contributed by atoms with Crippen molar-refractivity contribution in [2.24, 2.45) is 0 Å². The van der Waals surface area contributed by atoms with Crippen LogP contribution in [0, 0.1) is 0 Å². The second-order valence-corrected chi connectivity index (χ2v) is 10.3. The number of nitrogens with one attached hydrogen (secondary N) is 1. The summed E-state index contributed by atoms with van der Waals surface area (Å²) in [5.74, 6) is -0.686. The van der Waals surface area contributed by atoms with Gasteiger partial charge in [-0.1, -0.05) is 12.8 Å². The van der Waals surface area contributed by atoms with Crippen molar-refractivity contribution < 1.29 is 27.5 Å². The van der Waals surface area contributed by atoms with Crippen LogP contribution in [0.3, 0.4) is 0 Å². The molecule has 2 aromatic rings. The Labute approximate surface area is 198 Å². The van der Waals surface area contributed by atoms with E-state index in [2.05, 4.69) is 5.32 Å². The van der Waals surface area contributed by atoms with Crippen molar-refractivity contribution in [3.8, 4) is 5.75 Å². The molecule has 1 heterocycles. The molecule has 10 heteroatoms. The average Bonchev–Trinajstić information content (AvgIpc) is 3.42. The number of carbonyl (C=O) groups excluding carboxylic acids is 3. The number of amides is 3. The fourth-order valence-electron chi connectivity index (χ4n) is 4.63. The quantitative estimate of drug-likeness (QED) is 0.604. The maximum absolute atomic E-state index is 13.8. The number of imide groups is 1. The molecular weight excluding hydrogens is 458 g/mol. The van der Waals surface area contributed by atoms with Gasteiger partial charge in [-0.3, -0.25) is 14.4 Å². The molecule has 1 N–H and O–H groups in total. The molecule has 1 aliphatic carbocycles. The van der Waals surface area contributed by atoms with Crippen molar-refractivity contribution in [2.45, 2.75) is 56.0 Å². The Hall–Kier alpha value is -3.24. The van der Waals surface area contributed by atoms with E-state index in [0.29, 0.717) is 30.0 Å². The molecule has 2 aliphatic rings. The van der Waals surface area contributed by atoms with Gasteiger partial charge in [0.25, 0.3) is 5.91 Å². The summed E-state index contributed by atoms with van der Waals surface area (Å²) in [5.41, 5.74) is 0.846. The van der Waals surface area contributed by atoms with Gasteiger partial charge in [-0.15, -0.1) is 0 Å². The highest BCUT2D eigenvalue weighted by Crippen LogP contribution is 2.36. The van der Waals surface area contributed by atoms with Gasteiger partial charge in [0.1, 0.15) is 11.8 Å². The highest BCUT2D eigenvalue weighted by Gasteiger charge is 2.49. The second-order valence-electron chi connectivity index (χ2n) is 8.46. The number of ether oxygens (including phenoxy) is 1. The summed E-state index contributed by atoms with van der Waals surface area (Å²) in [6, 6.07) is 10.8. The van der Waals surface area contributed by atoms with Crippen molar-refractivity contribution in [2.75, 3.05) is 17.3 Å². The molecule has 1 atom stereocenters. The van der Waals surface area contributed by atoms with Gasteiger partial charge in [-0.25, -0.2) is 13.3 Å². The van der Waals surface area contributed by atoms with Gasteiger partial charge in [0.15, 0.2) is 0 Å². The summed E-state index contributed by atoms with van der Waals surface area (Å²) in [6.07, 6.45) is 2.75. The normalized spacial score (nSPS) is 19.1. The largest absolute Gasteiger partial charge is 0.497 e. The van der Waals surface area contributed by atoms with Gasteiger partial charge >= 0.3 is 0 Å². The number of hydrogen-bond donors (Lipinski definition) is 1. The Balaban J connectivity index is 1.67. The number of sulfonamides is 1. The van der Waals surface area contributed by atoms with Crippen LogP contribution in [-0.2, 0) is 24.4 Å². The lowest BCUT2D eigenvalue weighted by Crippen LogP contribution is -2.49. The highest BCUT2D eigenvalue weighted by molar-refractivity contribution is 7.89. The summed E-state index contributed by atoms with van der Waals surface area (Å²) in [7, 11) is -2.57. The minimum atomic E-state index is -4.08. The van der Waals surface area contributed by atoms with Gasteiger partial charge in [-0.05, 0) is 61.4 Å². The highest BCUT2D eigenvalue weighted by atomic mass is 32.2. The first-order valence-corrected chi connectivity index (χ1v) is 12.6. The van der Waals surface area contributed by atoms with Crippen molar-refractivity contribution in [3.05, 3.63) is 48.5 Å². The van der Waals surface area contributed by atoms with Crippen LogP contribution < -0.4 is 15.0 Å². The summed E-state index contributed by atoms with van der Waals surface area (Å²) in [6.45, 7) is 1.36. The zero-order chi connectivity index (χ0) is 24.5. The van der Waals surface area contributed by atoms with E-state index < -0.39 is 27.9 Å². The third kappa shape index (κ3) is 4.55. The summed E-state index contributed by atoms with van der Waals surface area (Å²) >= 11 is 0. The van der Waals surface area contributed by atoms with Crippen LogP contribution in [0.25, 0.3) is 0 Å². The molecule has 0 radical (unpaired) electrons. The molecule has 0 aromatic heterocycles. The first kappa shape index (κ1) is 23.9. The first-order chi connectivity index (χ1) is 16.2. The molecule has 0 bridgehead atoms. The number of carbonyl (C=O) groups is 3. The molecule has 1 saturated carbocycles. The van der Waals surface area contributed by atoms with Gasteiger partial charge in [0.05, 0.1) is 24.1 Å². The van der Waals surface area contributed by atoms with E-state index >= 15 is 0 Å². The van der Waals surface area contributed by atoms with Gasteiger partial charge in [0, 0.05) is 18.7 Å². The lowest BCUT2D eigenvalue weighted by atomic mass is 10.2.